The Hall–Kier alpha value is -1.91. The Bertz CT molecular complexity index is 721. The molecule has 0 spiro atoms. The summed E-state index contributed by atoms with van der Waals surface area (Å²) in [5.74, 6) is 0.141. The van der Waals surface area contributed by atoms with Crippen LogP contribution in [0.3, 0.4) is 0 Å². The van der Waals surface area contributed by atoms with Crippen LogP contribution in [0, 0.1) is 5.92 Å². The molecule has 3 rings (SSSR count). The van der Waals surface area contributed by atoms with Crippen molar-refractivity contribution in [1.29, 1.82) is 0 Å². The fourth-order valence-corrected chi connectivity index (χ4v) is 3.55. The fraction of sp³-hybridized carbons (Fsp3) is 0.476. The molecule has 0 aliphatic carbocycles. The molecule has 4 nitrogen and oxygen atoms in total. The number of aliphatic hydroxyl groups excluding tert-OH is 1. The van der Waals surface area contributed by atoms with Gasteiger partial charge in [0.2, 0.25) is 5.91 Å². The molecule has 1 unspecified atom stereocenters. The third-order valence-corrected chi connectivity index (χ3v) is 5.26. The lowest BCUT2D eigenvalue weighted by Gasteiger charge is -2.34. The van der Waals surface area contributed by atoms with E-state index in [4.69, 9.17) is 0 Å². The molecule has 2 N–H and O–H groups in total. The molecule has 0 bridgehead atoms. The SMILES string of the molecule is CC(C)N1CCC(C(=O)NCC(O)c2ccc3ccccc3c2)CC1. The van der Waals surface area contributed by atoms with E-state index >= 15 is 0 Å². The second-order valence-electron chi connectivity index (χ2n) is 7.27. The second-order valence-corrected chi connectivity index (χ2v) is 7.27. The first-order chi connectivity index (χ1) is 12.0. The molecule has 1 aliphatic heterocycles. The normalized spacial score (nSPS) is 17.8. The van der Waals surface area contributed by atoms with E-state index in [1.54, 1.807) is 0 Å². The van der Waals surface area contributed by atoms with Crippen LogP contribution in [0.2, 0.25) is 0 Å². The number of benzene rings is 2. The summed E-state index contributed by atoms with van der Waals surface area (Å²) in [5, 5.41) is 15.6. The first-order valence-electron chi connectivity index (χ1n) is 9.23. The number of amides is 1. The predicted molar refractivity (Wildman–Crippen MR) is 101 cm³/mol. The smallest absolute Gasteiger partial charge is 0.223 e. The number of carbonyl (C=O) groups is 1. The molecule has 2 aromatic rings. The largest absolute Gasteiger partial charge is 0.387 e. The first kappa shape index (κ1) is 17.9. The van der Waals surface area contributed by atoms with Crippen molar-refractivity contribution in [2.24, 2.45) is 5.92 Å². The Morgan fingerprint density at radius 2 is 1.84 bits per heavy atom. The van der Waals surface area contributed by atoms with E-state index in [-0.39, 0.29) is 18.4 Å². The van der Waals surface area contributed by atoms with Gasteiger partial charge >= 0.3 is 0 Å². The lowest BCUT2D eigenvalue weighted by Crippen LogP contribution is -2.43. The molecular formula is C21H28N2O2. The quantitative estimate of drug-likeness (QED) is 0.879. The van der Waals surface area contributed by atoms with Gasteiger partial charge in [0.1, 0.15) is 0 Å². The van der Waals surface area contributed by atoms with Crippen LogP contribution in [0.4, 0.5) is 0 Å². The van der Waals surface area contributed by atoms with Gasteiger partial charge in [-0.15, -0.1) is 0 Å². The van der Waals surface area contributed by atoms with Crippen LogP contribution >= 0.6 is 0 Å². The van der Waals surface area contributed by atoms with Gasteiger partial charge in [0, 0.05) is 18.5 Å². The van der Waals surface area contributed by atoms with Crippen LogP contribution < -0.4 is 5.32 Å². The Morgan fingerprint density at radius 1 is 1.16 bits per heavy atom. The van der Waals surface area contributed by atoms with Gasteiger partial charge in [0.25, 0.3) is 0 Å². The lowest BCUT2D eigenvalue weighted by molar-refractivity contribution is -0.127. The Labute approximate surface area is 149 Å². The Balaban J connectivity index is 1.53. The lowest BCUT2D eigenvalue weighted by atomic mass is 9.95. The summed E-state index contributed by atoms with van der Waals surface area (Å²) in [6.45, 7) is 6.61. The maximum Gasteiger partial charge on any atom is 0.223 e. The molecular weight excluding hydrogens is 312 g/mol. The zero-order valence-corrected chi connectivity index (χ0v) is 15.1. The Morgan fingerprint density at radius 3 is 2.52 bits per heavy atom. The van der Waals surface area contributed by atoms with Crippen LogP contribution in [-0.2, 0) is 4.79 Å². The summed E-state index contributed by atoms with van der Waals surface area (Å²) in [4.78, 5) is 14.8. The number of likely N-dealkylation sites (tertiary alicyclic amines) is 1. The number of carbonyl (C=O) groups excluding carboxylic acids is 1. The number of nitrogens with one attached hydrogen (secondary N) is 1. The van der Waals surface area contributed by atoms with Crippen molar-refractivity contribution < 1.29 is 9.90 Å². The van der Waals surface area contributed by atoms with Crippen molar-refractivity contribution in [3.8, 4) is 0 Å². The highest BCUT2D eigenvalue weighted by Gasteiger charge is 2.26. The second kappa shape index (κ2) is 7.98. The number of fused-ring (bicyclic) bond motifs is 1. The zero-order chi connectivity index (χ0) is 17.8. The van der Waals surface area contributed by atoms with Gasteiger partial charge in [-0.25, -0.2) is 0 Å². The van der Waals surface area contributed by atoms with E-state index in [0.29, 0.717) is 6.04 Å². The molecule has 1 fully saturated rings. The fourth-order valence-electron chi connectivity index (χ4n) is 3.55. The van der Waals surface area contributed by atoms with E-state index in [1.807, 2.05) is 36.4 Å². The van der Waals surface area contributed by atoms with Crippen molar-refractivity contribution in [3.63, 3.8) is 0 Å². The maximum atomic E-state index is 12.4. The van der Waals surface area contributed by atoms with Crippen molar-refractivity contribution in [1.82, 2.24) is 10.2 Å². The summed E-state index contributed by atoms with van der Waals surface area (Å²) in [6, 6.07) is 14.6. The molecule has 25 heavy (non-hydrogen) atoms. The predicted octanol–water partition coefficient (Wildman–Crippen LogP) is 3.11. The maximum absolute atomic E-state index is 12.4. The highest BCUT2D eigenvalue weighted by Crippen LogP contribution is 2.21. The Kier molecular flexibility index (Phi) is 5.71. The minimum atomic E-state index is -0.677. The molecule has 1 heterocycles. The van der Waals surface area contributed by atoms with Crippen LogP contribution in [-0.4, -0.2) is 41.6 Å². The summed E-state index contributed by atoms with van der Waals surface area (Å²) in [7, 11) is 0. The van der Waals surface area contributed by atoms with E-state index in [2.05, 4.69) is 30.1 Å². The zero-order valence-electron chi connectivity index (χ0n) is 15.1. The van der Waals surface area contributed by atoms with E-state index < -0.39 is 6.10 Å². The number of aliphatic hydroxyl groups is 1. The first-order valence-corrected chi connectivity index (χ1v) is 9.23. The number of hydrogen-bond donors (Lipinski definition) is 2. The minimum absolute atomic E-state index is 0.0683. The third-order valence-electron chi connectivity index (χ3n) is 5.26. The molecule has 1 aliphatic rings. The molecule has 0 saturated carbocycles. The highest BCUT2D eigenvalue weighted by molar-refractivity contribution is 5.83. The monoisotopic (exact) mass is 340 g/mol. The van der Waals surface area contributed by atoms with Gasteiger partial charge < -0.3 is 15.3 Å². The number of hydrogen-bond acceptors (Lipinski definition) is 3. The van der Waals surface area contributed by atoms with Crippen molar-refractivity contribution in [2.45, 2.75) is 38.8 Å². The highest BCUT2D eigenvalue weighted by atomic mass is 16.3. The van der Waals surface area contributed by atoms with Gasteiger partial charge in [-0.2, -0.15) is 0 Å². The van der Waals surface area contributed by atoms with Crippen LogP contribution in [0.25, 0.3) is 10.8 Å². The van der Waals surface area contributed by atoms with E-state index in [9.17, 15) is 9.90 Å². The molecule has 1 atom stereocenters. The molecule has 1 amide bonds. The third kappa shape index (κ3) is 4.39. The van der Waals surface area contributed by atoms with E-state index in [0.717, 1.165) is 42.3 Å². The molecule has 134 valence electrons. The summed E-state index contributed by atoms with van der Waals surface area (Å²) < 4.78 is 0. The average molecular weight is 340 g/mol. The van der Waals surface area contributed by atoms with Crippen LogP contribution in [0.5, 0.6) is 0 Å². The summed E-state index contributed by atoms with van der Waals surface area (Å²) in [6.07, 6.45) is 1.12. The summed E-state index contributed by atoms with van der Waals surface area (Å²) >= 11 is 0. The number of nitrogens with zero attached hydrogens (tertiary/aromatic N) is 1. The molecule has 0 aromatic heterocycles. The minimum Gasteiger partial charge on any atom is -0.387 e. The molecule has 2 aromatic carbocycles. The molecule has 0 radical (unpaired) electrons. The van der Waals surface area contributed by atoms with Gasteiger partial charge in [-0.3, -0.25) is 4.79 Å². The number of rotatable bonds is 5. The van der Waals surface area contributed by atoms with Crippen molar-refractivity contribution >= 4 is 16.7 Å². The van der Waals surface area contributed by atoms with Gasteiger partial charge in [0.05, 0.1) is 6.10 Å². The summed E-state index contributed by atoms with van der Waals surface area (Å²) in [5.41, 5.74) is 0.841. The average Bonchev–Trinajstić information content (AvgIpc) is 2.65. The number of piperidine rings is 1. The topological polar surface area (TPSA) is 52.6 Å². The van der Waals surface area contributed by atoms with Crippen molar-refractivity contribution in [3.05, 3.63) is 48.0 Å². The van der Waals surface area contributed by atoms with E-state index in [1.165, 1.54) is 0 Å². The van der Waals surface area contributed by atoms with Gasteiger partial charge in [0.15, 0.2) is 0 Å². The van der Waals surface area contributed by atoms with Gasteiger partial charge in [-0.05, 0) is 62.2 Å². The van der Waals surface area contributed by atoms with Crippen molar-refractivity contribution in [2.75, 3.05) is 19.6 Å². The van der Waals surface area contributed by atoms with Gasteiger partial charge in [-0.1, -0.05) is 36.4 Å². The molecule has 1 saturated heterocycles. The molecule has 4 heteroatoms. The van der Waals surface area contributed by atoms with Crippen LogP contribution in [0.1, 0.15) is 38.4 Å². The van der Waals surface area contributed by atoms with Crippen LogP contribution in [0.15, 0.2) is 42.5 Å². The standard InChI is InChI=1S/C21H28N2O2/c1-15(2)23-11-9-17(10-12-23)21(25)22-14-20(24)19-8-7-16-5-3-4-6-18(16)13-19/h3-8,13,15,17,20,24H,9-12,14H2,1-2H3,(H,22,25).